The van der Waals surface area contributed by atoms with E-state index in [4.69, 9.17) is 9.47 Å². The van der Waals surface area contributed by atoms with Crippen molar-refractivity contribution in [2.24, 2.45) is 23.7 Å². The molecule has 0 fully saturated rings. The summed E-state index contributed by atoms with van der Waals surface area (Å²) < 4.78 is 11.9. The average molecular weight is 735 g/mol. The molecule has 0 spiro atoms. The van der Waals surface area contributed by atoms with Crippen molar-refractivity contribution in [3.8, 4) is 0 Å². The first-order valence-corrected chi connectivity index (χ1v) is 23.7. The van der Waals surface area contributed by atoms with Crippen molar-refractivity contribution >= 4 is 11.9 Å². The van der Waals surface area contributed by atoms with Crippen molar-refractivity contribution in [3.05, 3.63) is 0 Å². The molecule has 310 valence electrons. The van der Waals surface area contributed by atoms with E-state index in [0.29, 0.717) is 25.0 Å². The van der Waals surface area contributed by atoms with E-state index in [0.717, 1.165) is 64.2 Å². The second kappa shape index (κ2) is 39.6. The van der Waals surface area contributed by atoms with Gasteiger partial charge in [0.1, 0.15) is 0 Å². The molecular formula is C48H94O4. The van der Waals surface area contributed by atoms with E-state index >= 15 is 0 Å². The van der Waals surface area contributed by atoms with Gasteiger partial charge in [0.25, 0.3) is 0 Å². The first-order valence-electron chi connectivity index (χ1n) is 23.7. The van der Waals surface area contributed by atoms with Crippen molar-refractivity contribution in [2.75, 3.05) is 13.2 Å². The van der Waals surface area contributed by atoms with E-state index in [-0.39, 0.29) is 23.8 Å². The topological polar surface area (TPSA) is 52.6 Å². The Morgan fingerprint density at radius 1 is 0.327 bits per heavy atom. The highest BCUT2D eigenvalue weighted by Gasteiger charge is 2.35. The number of esters is 2. The molecular weight excluding hydrogens is 641 g/mol. The molecule has 0 N–H and O–H groups in total. The van der Waals surface area contributed by atoms with Crippen molar-refractivity contribution in [1.82, 2.24) is 0 Å². The fourth-order valence-corrected chi connectivity index (χ4v) is 7.60. The fraction of sp³-hybridized carbons (Fsp3) is 0.958. The quantitative estimate of drug-likeness (QED) is 0.0463. The van der Waals surface area contributed by atoms with Crippen molar-refractivity contribution in [2.45, 2.75) is 260 Å². The standard InChI is InChI=1S/C48H94O4/c1-7-9-11-13-15-17-19-21-23-25-27-33-39-45(47(49)51-41-35-29-31-37-43(3)4)46(48(50)52-42-36-30-32-38-44(5)6)40-34-28-26-24-22-20-18-16-14-12-10-8-2/h43-46H,7-42H2,1-6H3. The summed E-state index contributed by atoms with van der Waals surface area (Å²) in [6.07, 6.45) is 41.4. The molecule has 0 aromatic carbocycles. The normalized spacial score (nSPS) is 12.8. The molecule has 2 atom stereocenters. The first kappa shape index (κ1) is 50.9. The molecule has 52 heavy (non-hydrogen) atoms. The molecule has 4 heteroatoms. The van der Waals surface area contributed by atoms with E-state index < -0.39 is 0 Å². The Balaban J connectivity index is 5.10. The van der Waals surface area contributed by atoms with Crippen LogP contribution in [-0.4, -0.2) is 25.2 Å². The largest absolute Gasteiger partial charge is 0.465 e. The SMILES string of the molecule is CCCCCCCCCCCCCCC(C(=O)OCCCCCC(C)C)C(CCCCCCCCCCCCCC)C(=O)OCCCCCC(C)C. The van der Waals surface area contributed by atoms with Crippen molar-refractivity contribution in [3.63, 3.8) is 0 Å². The van der Waals surface area contributed by atoms with Crippen LogP contribution in [-0.2, 0) is 19.1 Å². The van der Waals surface area contributed by atoms with Crippen molar-refractivity contribution in [1.29, 1.82) is 0 Å². The molecule has 0 aliphatic carbocycles. The molecule has 0 saturated heterocycles. The van der Waals surface area contributed by atoms with Gasteiger partial charge in [-0.05, 0) is 37.5 Å². The van der Waals surface area contributed by atoms with E-state index in [1.807, 2.05) is 0 Å². The average Bonchev–Trinajstić information content (AvgIpc) is 3.12. The number of carbonyl (C=O) groups excluding carboxylic acids is 2. The maximum Gasteiger partial charge on any atom is 0.309 e. The maximum atomic E-state index is 13.7. The molecule has 0 heterocycles. The highest BCUT2D eigenvalue weighted by Crippen LogP contribution is 2.29. The van der Waals surface area contributed by atoms with Gasteiger partial charge in [-0.15, -0.1) is 0 Å². The Bertz CT molecular complexity index is 685. The minimum atomic E-state index is -0.375. The Morgan fingerprint density at radius 3 is 0.827 bits per heavy atom. The zero-order valence-corrected chi connectivity index (χ0v) is 36.4. The van der Waals surface area contributed by atoms with Crippen LogP contribution in [0.4, 0.5) is 0 Å². The molecule has 0 aliphatic heterocycles. The highest BCUT2D eigenvalue weighted by atomic mass is 16.5. The second-order valence-corrected chi connectivity index (χ2v) is 17.4. The summed E-state index contributed by atoms with van der Waals surface area (Å²) in [4.78, 5) is 27.5. The maximum absolute atomic E-state index is 13.7. The number of rotatable bonds is 41. The van der Waals surface area contributed by atoms with Gasteiger partial charge in [0.2, 0.25) is 0 Å². The molecule has 0 bridgehead atoms. The summed E-state index contributed by atoms with van der Waals surface area (Å²) in [6, 6.07) is 0. The molecule has 0 rings (SSSR count). The summed E-state index contributed by atoms with van der Waals surface area (Å²) in [6.45, 7) is 14.6. The van der Waals surface area contributed by atoms with E-state index in [9.17, 15) is 9.59 Å². The van der Waals surface area contributed by atoms with Gasteiger partial charge in [-0.1, -0.05) is 234 Å². The lowest BCUT2D eigenvalue weighted by Gasteiger charge is -2.25. The number of ether oxygens (including phenoxy) is 2. The summed E-state index contributed by atoms with van der Waals surface area (Å²) in [5, 5.41) is 0. The predicted octanol–water partition coefficient (Wildman–Crippen LogP) is 15.9. The lowest BCUT2D eigenvalue weighted by molar-refractivity contribution is -0.161. The van der Waals surface area contributed by atoms with Gasteiger partial charge >= 0.3 is 11.9 Å². The Kier molecular flexibility index (Phi) is 38.8. The smallest absolute Gasteiger partial charge is 0.309 e. The summed E-state index contributed by atoms with van der Waals surface area (Å²) in [7, 11) is 0. The number of hydrogen-bond donors (Lipinski definition) is 0. The fourth-order valence-electron chi connectivity index (χ4n) is 7.60. The predicted molar refractivity (Wildman–Crippen MR) is 227 cm³/mol. The summed E-state index contributed by atoms with van der Waals surface area (Å²) >= 11 is 0. The Morgan fingerprint density at radius 2 is 0.558 bits per heavy atom. The molecule has 0 aliphatic rings. The third-order valence-electron chi connectivity index (χ3n) is 11.2. The van der Waals surface area contributed by atoms with Crippen LogP contribution < -0.4 is 0 Å². The Hall–Kier alpha value is -1.06. The highest BCUT2D eigenvalue weighted by molar-refractivity contribution is 5.82. The molecule has 0 amide bonds. The van der Waals surface area contributed by atoms with Crippen LogP contribution in [0, 0.1) is 23.7 Å². The van der Waals surface area contributed by atoms with Gasteiger partial charge < -0.3 is 9.47 Å². The minimum absolute atomic E-state index is 0.148. The number of carbonyl (C=O) groups is 2. The summed E-state index contributed by atoms with van der Waals surface area (Å²) in [5.74, 6) is 0.379. The van der Waals surface area contributed by atoms with Gasteiger partial charge in [0.15, 0.2) is 0 Å². The third kappa shape index (κ3) is 34.7. The Labute approximate surface area is 326 Å². The van der Waals surface area contributed by atoms with Crippen LogP contribution >= 0.6 is 0 Å². The molecule has 0 saturated carbocycles. The molecule has 4 nitrogen and oxygen atoms in total. The van der Waals surface area contributed by atoms with Gasteiger partial charge in [0.05, 0.1) is 25.0 Å². The van der Waals surface area contributed by atoms with Crippen LogP contribution in [0.1, 0.15) is 260 Å². The van der Waals surface area contributed by atoms with Crippen LogP contribution in [0.2, 0.25) is 0 Å². The summed E-state index contributed by atoms with van der Waals surface area (Å²) in [5.41, 5.74) is 0. The molecule has 0 aromatic rings. The van der Waals surface area contributed by atoms with E-state index in [1.165, 1.54) is 154 Å². The van der Waals surface area contributed by atoms with Gasteiger partial charge in [-0.25, -0.2) is 0 Å². The third-order valence-corrected chi connectivity index (χ3v) is 11.2. The zero-order valence-electron chi connectivity index (χ0n) is 36.4. The second-order valence-electron chi connectivity index (χ2n) is 17.4. The lowest BCUT2D eigenvalue weighted by Crippen LogP contribution is -2.33. The van der Waals surface area contributed by atoms with E-state index in [1.54, 1.807) is 0 Å². The zero-order chi connectivity index (χ0) is 38.3. The van der Waals surface area contributed by atoms with Crippen LogP contribution in [0.3, 0.4) is 0 Å². The molecule has 2 unspecified atom stereocenters. The van der Waals surface area contributed by atoms with Gasteiger partial charge in [-0.3, -0.25) is 9.59 Å². The van der Waals surface area contributed by atoms with Crippen LogP contribution in [0.15, 0.2) is 0 Å². The lowest BCUT2D eigenvalue weighted by atomic mass is 9.83. The molecule has 0 radical (unpaired) electrons. The van der Waals surface area contributed by atoms with Crippen LogP contribution in [0.25, 0.3) is 0 Å². The van der Waals surface area contributed by atoms with E-state index in [2.05, 4.69) is 41.5 Å². The number of unbranched alkanes of at least 4 members (excludes halogenated alkanes) is 26. The first-order chi connectivity index (χ1) is 25.3. The van der Waals surface area contributed by atoms with Crippen LogP contribution in [0.5, 0.6) is 0 Å². The van der Waals surface area contributed by atoms with Gasteiger partial charge in [0, 0.05) is 0 Å². The number of hydrogen-bond acceptors (Lipinski definition) is 4. The van der Waals surface area contributed by atoms with Crippen molar-refractivity contribution < 1.29 is 19.1 Å². The van der Waals surface area contributed by atoms with Gasteiger partial charge in [-0.2, -0.15) is 0 Å². The molecule has 0 aromatic heterocycles. The monoisotopic (exact) mass is 735 g/mol. The minimum Gasteiger partial charge on any atom is -0.465 e.